The van der Waals surface area contributed by atoms with Crippen LogP contribution >= 0.6 is 0 Å². The lowest BCUT2D eigenvalue weighted by atomic mass is 9.84. The Kier molecular flexibility index (Phi) is 5.75. The van der Waals surface area contributed by atoms with Crippen LogP contribution in [0.5, 0.6) is 11.5 Å². The van der Waals surface area contributed by atoms with E-state index in [-0.39, 0.29) is 12.3 Å². The third kappa shape index (κ3) is 4.16. The van der Waals surface area contributed by atoms with Gasteiger partial charge in [-0.3, -0.25) is 9.36 Å². The third-order valence-corrected chi connectivity index (χ3v) is 5.72. The van der Waals surface area contributed by atoms with E-state index in [1.165, 1.54) is 0 Å². The summed E-state index contributed by atoms with van der Waals surface area (Å²) in [5.41, 5.74) is 6.26. The molecule has 1 saturated heterocycles. The van der Waals surface area contributed by atoms with Gasteiger partial charge in [0.1, 0.15) is 12.1 Å². The van der Waals surface area contributed by atoms with Gasteiger partial charge in [0.2, 0.25) is 11.9 Å². The molecule has 2 aromatic heterocycles. The van der Waals surface area contributed by atoms with E-state index in [9.17, 15) is 4.79 Å². The zero-order valence-corrected chi connectivity index (χ0v) is 17.7. The predicted octanol–water partition coefficient (Wildman–Crippen LogP) is 2.14. The first-order valence-corrected chi connectivity index (χ1v) is 10.1. The second-order valence-electron chi connectivity index (χ2n) is 7.67. The first-order valence-electron chi connectivity index (χ1n) is 10.1. The molecule has 3 heterocycles. The van der Waals surface area contributed by atoms with Crippen molar-refractivity contribution in [1.29, 1.82) is 0 Å². The smallest absolute Gasteiger partial charge is 0.236 e. The maximum absolute atomic E-state index is 12.1. The molecular formula is C22H26N6O3. The number of hydrogen-bond acceptors (Lipinski definition) is 7. The monoisotopic (exact) mass is 422 g/mol. The number of primary amides is 1. The van der Waals surface area contributed by atoms with E-state index < -0.39 is 5.54 Å². The number of hydrogen-bond donors (Lipinski definition) is 1. The number of amides is 1. The Morgan fingerprint density at radius 2 is 2.03 bits per heavy atom. The summed E-state index contributed by atoms with van der Waals surface area (Å²) in [6, 6.07) is 7.70. The van der Waals surface area contributed by atoms with E-state index in [1.54, 1.807) is 43.7 Å². The molecule has 0 bridgehead atoms. The Morgan fingerprint density at radius 1 is 1.19 bits per heavy atom. The van der Waals surface area contributed by atoms with Crippen molar-refractivity contribution in [3.63, 3.8) is 0 Å². The van der Waals surface area contributed by atoms with E-state index >= 15 is 0 Å². The number of carbonyl (C=O) groups is 1. The van der Waals surface area contributed by atoms with Crippen LogP contribution < -0.4 is 20.1 Å². The highest BCUT2D eigenvalue weighted by atomic mass is 16.5. The van der Waals surface area contributed by atoms with Gasteiger partial charge in [0.15, 0.2) is 11.5 Å². The fraction of sp³-hybridized carbons (Fsp3) is 0.364. The van der Waals surface area contributed by atoms with Gasteiger partial charge < -0.3 is 20.1 Å². The van der Waals surface area contributed by atoms with Crippen molar-refractivity contribution in [2.75, 3.05) is 25.7 Å². The third-order valence-electron chi connectivity index (χ3n) is 5.72. The Morgan fingerprint density at radius 3 is 2.74 bits per heavy atom. The van der Waals surface area contributed by atoms with E-state index in [4.69, 9.17) is 20.2 Å². The summed E-state index contributed by atoms with van der Waals surface area (Å²) in [5.74, 6) is 2.28. The van der Waals surface area contributed by atoms with Gasteiger partial charge in [0.25, 0.3) is 0 Å². The topological polar surface area (TPSA) is 108 Å². The summed E-state index contributed by atoms with van der Waals surface area (Å²) in [5, 5.41) is 0. The van der Waals surface area contributed by atoms with Crippen molar-refractivity contribution in [1.82, 2.24) is 19.5 Å². The van der Waals surface area contributed by atoms with Crippen LogP contribution in [0.4, 0.5) is 5.82 Å². The highest BCUT2D eigenvalue weighted by Crippen LogP contribution is 2.40. The summed E-state index contributed by atoms with van der Waals surface area (Å²) in [6.07, 6.45) is 9.47. The molecule has 1 amide bonds. The van der Waals surface area contributed by atoms with Crippen molar-refractivity contribution in [3.8, 4) is 17.4 Å². The minimum absolute atomic E-state index is 0.228. The normalized spacial score (nSPS) is 18.2. The molecule has 0 radical (unpaired) electrons. The van der Waals surface area contributed by atoms with Crippen LogP contribution in [0.25, 0.3) is 5.95 Å². The van der Waals surface area contributed by atoms with Gasteiger partial charge >= 0.3 is 0 Å². The Balaban J connectivity index is 1.71. The van der Waals surface area contributed by atoms with Gasteiger partial charge in [-0.05, 0) is 43.0 Å². The number of carbonyl (C=O) groups excluding carboxylic acids is 1. The lowest BCUT2D eigenvalue weighted by molar-refractivity contribution is -0.119. The average Bonchev–Trinajstić information content (AvgIpc) is 3.44. The summed E-state index contributed by atoms with van der Waals surface area (Å²) >= 11 is 0. The van der Waals surface area contributed by atoms with Crippen molar-refractivity contribution < 1.29 is 14.3 Å². The van der Waals surface area contributed by atoms with Gasteiger partial charge in [-0.25, -0.2) is 9.97 Å². The maximum atomic E-state index is 12.1. The standard InChI is InChI=1S/C22H26N6O3/c1-30-17-5-4-16(12-18(17)31-2)13-22(14-19(23)29)7-3-10-28(22)20-6-8-25-21(26-20)27-11-9-24-15-27/h4-6,8-9,11-12,15H,3,7,10,13-14H2,1-2H3,(H2,23,29). The predicted molar refractivity (Wildman–Crippen MR) is 116 cm³/mol. The lowest BCUT2D eigenvalue weighted by Crippen LogP contribution is -2.49. The van der Waals surface area contributed by atoms with E-state index in [1.807, 2.05) is 24.3 Å². The molecule has 2 N–H and O–H groups in total. The largest absolute Gasteiger partial charge is 0.493 e. The molecule has 1 aromatic carbocycles. The second-order valence-corrected chi connectivity index (χ2v) is 7.67. The van der Waals surface area contributed by atoms with Gasteiger partial charge in [0, 0.05) is 31.6 Å². The number of imidazole rings is 1. The van der Waals surface area contributed by atoms with Crippen molar-refractivity contribution in [2.24, 2.45) is 5.73 Å². The Labute approximate surface area is 180 Å². The molecule has 0 spiro atoms. The van der Waals surface area contributed by atoms with E-state index in [0.29, 0.717) is 23.9 Å². The number of nitrogens with two attached hydrogens (primary N) is 1. The number of methoxy groups -OCH3 is 2. The number of nitrogens with zero attached hydrogens (tertiary/aromatic N) is 5. The zero-order valence-electron chi connectivity index (χ0n) is 17.7. The van der Waals surface area contributed by atoms with E-state index in [0.717, 1.165) is 30.8 Å². The van der Waals surface area contributed by atoms with Crippen LogP contribution in [-0.2, 0) is 11.2 Å². The van der Waals surface area contributed by atoms with Crippen LogP contribution in [-0.4, -0.2) is 51.7 Å². The number of rotatable bonds is 8. The van der Waals surface area contributed by atoms with Gasteiger partial charge in [-0.1, -0.05) is 6.07 Å². The average molecular weight is 422 g/mol. The van der Waals surface area contributed by atoms with Gasteiger partial charge in [-0.2, -0.15) is 4.98 Å². The maximum Gasteiger partial charge on any atom is 0.236 e. The van der Waals surface area contributed by atoms with Crippen molar-refractivity contribution in [3.05, 3.63) is 54.7 Å². The molecule has 1 fully saturated rings. The molecule has 1 atom stereocenters. The highest BCUT2D eigenvalue weighted by molar-refractivity contribution is 5.76. The molecule has 0 aliphatic carbocycles. The van der Waals surface area contributed by atoms with Crippen molar-refractivity contribution >= 4 is 11.7 Å². The van der Waals surface area contributed by atoms with Gasteiger partial charge in [0.05, 0.1) is 19.8 Å². The lowest BCUT2D eigenvalue weighted by Gasteiger charge is -2.39. The second kappa shape index (κ2) is 8.63. The fourth-order valence-corrected chi connectivity index (χ4v) is 4.41. The summed E-state index contributed by atoms with van der Waals surface area (Å²) in [7, 11) is 3.22. The molecule has 0 saturated carbocycles. The molecule has 9 nitrogen and oxygen atoms in total. The van der Waals surface area contributed by atoms with Crippen LogP contribution in [0, 0.1) is 0 Å². The molecule has 9 heteroatoms. The minimum atomic E-state index is -0.480. The fourth-order valence-electron chi connectivity index (χ4n) is 4.41. The Hall–Kier alpha value is -3.62. The van der Waals surface area contributed by atoms with Crippen LogP contribution in [0.3, 0.4) is 0 Å². The first kappa shape index (κ1) is 20.6. The van der Waals surface area contributed by atoms with E-state index in [2.05, 4.69) is 14.9 Å². The number of anilines is 1. The van der Waals surface area contributed by atoms with Gasteiger partial charge in [-0.15, -0.1) is 0 Å². The molecule has 1 aliphatic heterocycles. The molecule has 31 heavy (non-hydrogen) atoms. The SMILES string of the molecule is COc1ccc(CC2(CC(N)=O)CCCN2c2ccnc(-n3ccnc3)n2)cc1OC. The number of benzene rings is 1. The minimum Gasteiger partial charge on any atom is -0.493 e. The van der Waals surface area contributed by atoms with Crippen LogP contribution in [0.2, 0.25) is 0 Å². The molecule has 162 valence electrons. The van der Waals surface area contributed by atoms with Crippen LogP contribution in [0.1, 0.15) is 24.8 Å². The molecule has 3 aromatic rings. The summed E-state index contributed by atoms with van der Waals surface area (Å²) in [4.78, 5) is 27.5. The number of aromatic nitrogens is 4. The zero-order chi connectivity index (χ0) is 21.8. The molecule has 1 aliphatic rings. The number of ether oxygens (including phenoxy) is 2. The van der Waals surface area contributed by atoms with Crippen LogP contribution in [0.15, 0.2) is 49.2 Å². The molecule has 1 unspecified atom stereocenters. The van der Waals surface area contributed by atoms with Crippen molar-refractivity contribution in [2.45, 2.75) is 31.2 Å². The quantitative estimate of drug-likeness (QED) is 0.592. The highest BCUT2D eigenvalue weighted by Gasteiger charge is 2.43. The first-order chi connectivity index (χ1) is 15.0. The Bertz CT molecular complexity index is 1060. The molecule has 4 rings (SSSR count). The molecular weight excluding hydrogens is 396 g/mol. The summed E-state index contributed by atoms with van der Waals surface area (Å²) < 4.78 is 12.6. The summed E-state index contributed by atoms with van der Waals surface area (Å²) in [6.45, 7) is 0.779.